The maximum atomic E-state index is 11.5. The average Bonchev–Trinajstić information content (AvgIpc) is 2.98. The van der Waals surface area contributed by atoms with Crippen LogP contribution in [-0.4, -0.2) is 23.4 Å². The van der Waals surface area contributed by atoms with Crippen LogP contribution >= 0.6 is 23.1 Å². The second-order valence-corrected chi connectivity index (χ2v) is 7.88. The molecule has 2 aromatic rings. The van der Waals surface area contributed by atoms with Crippen LogP contribution < -0.4 is 10.6 Å². The first-order valence-electron chi connectivity index (χ1n) is 7.65. The highest BCUT2D eigenvalue weighted by molar-refractivity contribution is 8.02. The van der Waals surface area contributed by atoms with Crippen molar-refractivity contribution in [1.29, 1.82) is 0 Å². The van der Waals surface area contributed by atoms with Gasteiger partial charge in [0.2, 0.25) is 5.91 Å². The summed E-state index contributed by atoms with van der Waals surface area (Å²) in [6.07, 6.45) is 0.672. The van der Waals surface area contributed by atoms with E-state index in [1.165, 1.54) is 14.6 Å². The summed E-state index contributed by atoms with van der Waals surface area (Å²) in [4.78, 5) is 12.7. The van der Waals surface area contributed by atoms with Gasteiger partial charge in [-0.05, 0) is 25.0 Å². The molecule has 0 fully saturated rings. The van der Waals surface area contributed by atoms with Gasteiger partial charge in [-0.25, -0.2) is 0 Å². The summed E-state index contributed by atoms with van der Waals surface area (Å²) in [5, 5.41) is 15.9. The van der Waals surface area contributed by atoms with E-state index in [4.69, 9.17) is 0 Å². The fourth-order valence-corrected chi connectivity index (χ4v) is 4.82. The highest BCUT2D eigenvalue weighted by Crippen LogP contribution is 2.41. The number of benzene rings is 1. The Morgan fingerprint density at radius 3 is 2.87 bits per heavy atom. The summed E-state index contributed by atoms with van der Waals surface area (Å²) < 4.78 is 1.17. The number of thioether (sulfide) groups is 1. The van der Waals surface area contributed by atoms with Crippen molar-refractivity contribution < 1.29 is 9.90 Å². The summed E-state index contributed by atoms with van der Waals surface area (Å²) in [6.45, 7) is 2.27. The molecule has 1 amide bonds. The zero-order chi connectivity index (χ0) is 16.2. The fourth-order valence-electron chi connectivity index (χ4n) is 2.66. The molecule has 1 aromatic carbocycles. The Balaban J connectivity index is 1.74. The van der Waals surface area contributed by atoms with Crippen LogP contribution in [0.25, 0.3) is 0 Å². The highest BCUT2D eigenvalue weighted by Gasteiger charge is 2.22. The molecule has 0 spiro atoms. The zero-order valence-corrected chi connectivity index (χ0v) is 14.5. The summed E-state index contributed by atoms with van der Waals surface area (Å²) in [7, 11) is 0. The van der Waals surface area contributed by atoms with Gasteiger partial charge in [0.15, 0.2) is 0 Å². The van der Waals surface area contributed by atoms with Crippen molar-refractivity contribution in [2.45, 2.75) is 29.6 Å². The highest BCUT2D eigenvalue weighted by atomic mass is 32.2. The standard InChI is InChI=1S/C17H20N2O2S2/c1-11(15-9-14-17(23-15)22-10-16(21)19-14)18-13(7-8-20)12-5-3-2-4-6-12/h2-6,9,11,13,18,20H,7-8,10H2,1H3,(H,19,21)/t11?,13-/m1/s1. The van der Waals surface area contributed by atoms with Gasteiger partial charge in [0.05, 0.1) is 15.6 Å². The van der Waals surface area contributed by atoms with Gasteiger partial charge in [-0.2, -0.15) is 0 Å². The number of hydrogen-bond acceptors (Lipinski definition) is 5. The smallest absolute Gasteiger partial charge is 0.234 e. The van der Waals surface area contributed by atoms with Crippen LogP contribution in [-0.2, 0) is 4.79 Å². The number of nitrogens with one attached hydrogen (secondary N) is 2. The van der Waals surface area contributed by atoms with E-state index in [1.54, 1.807) is 23.1 Å². The van der Waals surface area contributed by atoms with Crippen molar-refractivity contribution >= 4 is 34.7 Å². The van der Waals surface area contributed by atoms with Gasteiger partial charge in [-0.15, -0.1) is 23.1 Å². The monoisotopic (exact) mass is 348 g/mol. The van der Waals surface area contributed by atoms with Gasteiger partial charge in [0.25, 0.3) is 0 Å². The van der Waals surface area contributed by atoms with Crippen LogP contribution in [0.3, 0.4) is 0 Å². The van der Waals surface area contributed by atoms with Crippen molar-refractivity contribution in [3.8, 4) is 0 Å². The minimum Gasteiger partial charge on any atom is -0.396 e. The number of hydrogen-bond donors (Lipinski definition) is 3. The van der Waals surface area contributed by atoms with Gasteiger partial charge in [0.1, 0.15) is 0 Å². The number of aliphatic hydroxyl groups is 1. The Labute approximate surface area is 144 Å². The summed E-state index contributed by atoms with van der Waals surface area (Å²) in [5.41, 5.74) is 2.11. The molecule has 1 aliphatic rings. The molecular formula is C17H20N2O2S2. The number of rotatable bonds is 6. The molecule has 0 saturated heterocycles. The lowest BCUT2D eigenvalue weighted by atomic mass is 10.0. The molecule has 0 saturated carbocycles. The van der Waals surface area contributed by atoms with Crippen LogP contribution in [0.5, 0.6) is 0 Å². The van der Waals surface area contributed by atoms with Crippen molar-refractivity contribution in [2.75, 3.05) is 17.7 Å². The Bertz CT molecular complexity index is 672. The molecule has 6 heteroatoms. The van der Waals surface area contributed by atoms with Crippen molar-refractivity contribution in [1.82, 2.24) is 5.32 Å². The Kier molecular flexibility index (Phi) is 5.38. The number of carbonyl (C=O) groups is 1. The Morgan fingerprint density at radius 2 is 2.13 bits per heavy atom. The summed E-state index contributed by atoms with van der Waals surface area (Å²) >= 11 is 3.32. The van der Waals surface area contributed by atoms with Crippen LogP contribution in [0.1, 0.15) is 35.9 Å². The largest absolute Gasteiger partial charge is 0.396 e. The van der Waals surface area contributed by atoms with Gasteiger partial charge in [-0.3, -0.25) is 4.79 Å². The van der Waals surface area contributed by atoms with E-state index in [0.29, 0.717) is 12.2 Å². The van der Waals surface area contributed by atoms with E-state index < -0.39 is 0 Å². The first-order chi connectivity index (χ1) is 11.2. The van der Waals surface area contributed by atoms with E-state index in [2.05, 4.69) is 35.8 Å². The third-order valence-electron chi connectivity index (χ3n) is 3.82. The lowest BCUT2D eigenvalue weighted by Gasteiger charge is -2.22. The molecule has 4 nitrogen and oxygen atoms in total. The predicted octanol–water partition coefficient (Wildman–Crippen LogP) is 3.57. The number of amides is 1. The summed E-state index contributed by atoms with van der Waals surface area (Å²) in [6, 6.07) is 12.5. The van der Waals surface area contributed by atoms with E-state index in [9.17, 15) is 9.90 Å². The van der Waals surface area contributed by atoms with E-state index in [1.807, 2.05) is 18.2 Å². The van der Waals surface area contributed by atoms with Gasteiger partial charge < -0.3 is 15.7 Å². The molecule has 1 unspecified atom stereocenters. The van der Waals surface area contributed by atoms with Crippen molar-refractivity contribution in [2.24, 2.45) is 0 Å². The zero-order valence-electron chi connectivity index (χ0n) is 12.9. The van der Waals surface area contributed by atoms with Gasteiger partial charge in [-0.1, -0.05) is 30.3 Å². The van der Waals surface area contributed by atoms with Gasteiger partial charge in [0, 0.05) is 23.6 Å². The first-order valence-corrected chi connectivity index (χ1v) is 9.46. The molecule has 0 aliphatic carbocycles. The molecular weight excluding hydrogens is 328 g/mol. The van der Waals surface area contributed by atoms with Crippen LogP contribution in [0.2, 0.25) is 0 Å². The maximum absolute atomic E-state index is 11.5. The predicted molar refractivity (Wildman–Crippen MR) is 96.1 cm³/mol. The van der Waals surface area contributed by atoms with Crippen molar-refractivity contribution in [3.63, 3.8) is 0 Å². The fraction of sp³-hybridized carbons (Fsp3) is 0.353. The Morgan fingerprint density at radius 1 is 1.35 bits per heavy atom. The maximum Gasteiger partial charge on any atom is 0.234 e. The van der Waals surface area contributed by atoms with Crippen LogP contribution in [0.15, 0.2) is 40.6 Å². The summed E-state index contributed by atoms with van der Waals surface area (Å²) in [5.74, 6) is 0.557. The molecule has 2 heterocycles. The first kappa shape index (κ1) is 16.5. The van der Waals surface area contributed by atoms with Crippen molar-refractivity contribution in [3.05, 3.63) is 46.8 Å². The molecule has 0 radical (unpaired) electrons. The number of fused-ring (bicyclic) bond motifs is 1. The average molecular weight is 348 g/mol. The van der Waals surface area contributed by atoms with E-state index >= 15 is 0 Å². The molecule has 1 aliphatic heterocycles. The van der Waals surface area contributed by atoms with Crippen LogP contribution in [0.4, 0.5) is 5.69 Å². The Hall–Kier alpha value is -1.34. The quantitative estimate of drug-likeness (QED) is 0.747. The number of thiophene rings is 1. The third-order valence-corrected chi connectivity index (χ3v) is 6.43. The SMILES string of the molecule is CC(N[C@H](CCO)c1ccccc1)c1cc2c(s1)SCC(=O)N2. The minimum atomic E-state index is 0.0647. The molecule has 3 N–H and O–H groups in total. The lowest BCUT2D eigenvalue weighted by molar-refractivity contribution is -0.113. The second kappa shape index (κ2) is 7.49. The second-order valence-electron chi connectivity index (χ2n) is 5.55. The topological polar surface area (TPSA) is 61.4 Å². The molecule has 3 rings (SSSR count). The van der Waals surface area contributed by atoms with E-state index in [-0.39, 0.29) is 24.6 Å². The molecule has 0 bridgehead atoms. The minimum absolute atomic E-state index is 0.0647. The number of aliphatic hydroxyl groups excluding tert-OH is 1. The normalized spacial score (nSPS) is 16.5. The molecule has 122 valence electrons. The van der Waals surface area contributed by atoms with Gasteiger partial charge >= 0.3 is 0 Å². The molecule has 23 heavy (non-hydrogen) atoms. The van der Waals surface area contributed by atoms with E-state index in [0.717, 1.165) is 5.69 Å². The van der Waals surface area contributed by atoms with Crippen LogP contribution in [0, 0.1) is 0 Å². The molecule has 2 atom stereocenters. The third kappa shape index (κ3) is 3.95. The number of anilines is 1. The molecule has 1 aromatic heterocycles. The lowest BCUT2D eigenvalue weighted by Crippen LogP contribution is -2.25. The number of carbonyl (C=O) groups excluding carboxylic acids is 1.